The zero-order chi connectivity index (χ0) is 14.0. The molecule has 2 heteroatoms. The molecular weight excluding hydrogens is 248 g/mol. The lowest BCUT2D eigenvalue weighted by atomic mass is 9.76. The van der Waals surface area contributed by atoms with Crippen LogP contribution in [0.1, 0.15) is 17.5 Å². The Bertz CT molecular complexity index is 558. The highest BCUT2D eigenvalue weighted by atomic mass is 16.5. The molecule has 0 saturated carbocycles. The lowest BCUT2D eigenvalue weighted by Crippen LogP contribution is -2.32. The minimum absolute atomic E-state index is 0.0854. The first-order valence-corrected chi connectivity index (χ1v) is 7.01. The minimum Gasteiger partial charge on any atom is -0.385 e. The summed E-state index contributed by atoms with van der Waals surface area (Å²) in [5.74, 6) is 0. The van der Waals surface area contributed by atoms with Crippen molar-refractivity contribution >= 4 is 0 Å². The minimum atomic E-state index is -0.0854. The molecule has 20 heavy (non-hydrogen) atoms. The molecule has 2 aromatic rings. The van der Waals surface area contributed by atoms with E-state index in [1.165, 1.54) is 22.3 Å². The van der Waals surface area contributed by atoms with Gasteiger partial charge in [-0.1, -0.05) is 48.5 Å². The van der Waals surface area contributed by atoms with Crippen LogP contribution in [-0.4, -0.2) is 27.4 Å². The zero-order valence-electron chi connectivity index (χ0n) is 12.1. The molecule has 0 fully saturated rings. The summed E-state index contributed by atoms with van der Waals surface area (Å²) in [6.45, 7) is 1.41. The fourth-order valence-electron chi connectivity index (χ4n) is 3.44. The fourth-order valence-corrected chi connectivity index (χ4v) is 3.44. The van der Waals surface area contributed by atoms with Crippen molar-refractivity contribution in [3.8, 4) is 11.1 Å². The van der Waals surface area contributed by atoms with Crippen molar-refractivity contribution in [3.05, 3.63) is 59.7 Å². The number of rotatable bonds is 5. The Morgan fingerprint density at radius 1 is 0.800 bits per heavy atom. The van der Waals surface area contributed by atoms with Gasteiger partial charge in [-0.3, -0.25) is 0 Å². The summed E-state index contributed by atoms with van der Waals surface area (Å²) in [5.41, 5.74) is 5.30. The molecule has 104 valence electrons. The Balaban J connectivity index is 2.21. The molecule has 0 bridgehead atoms. The Labute approximate surface area is 120 Å². The summed E-state index contributed by atoms with van der Waals surface area (Å²) in [7, 11) is 3.53. The van der Waals surface area contributed by atoms with Crippen LogP contribution in [0.5, 0.6) is 0 Å². The van der Waals surface area contributed by atoms with Gasteiger partial charge in [0.25, 0.3) is 0 Å². The Kier molecular flexibility index (Phi) is 3.60. The molecule has 0 aromatic heterocycles. The smallest absolute Gasteiger partial charge is 0.0601 e. The largest absolute Gasteiger partial charge is 0.385 e. The van der Waals surface area contributed by atoms with Crippen molar-refractivity contribution in [2.45, 2.75) is 11.8 Å². The van der Waals surface area contributed by atoms with E-state index in [0.717, 1.165) is 13.0 Å². The molecule has 0 amide bonds. The van der Waals surface area contributed by atoms with Crippen molar-refractivity contribution < 1.29 is 9.47 Å². The monoisotopic (exact) mass is 268 g/mol. The molecule has 0 atom stereocenters. The average Bonchev–Trinajstić information content (AvgIpc) is 2.78. The van der Waals surface area contributed by atoms with E-state index in [9.17, 15) is 0 Å². The summed E-state index contributed by atoms with van der Waals surface area (Å²) in [4.78, 5) is 0. The number of ether oxygens (including phenoxy) is 2. The van der Waals surface area contributed by atoms with Gasteiger partial charge in [-0.05, 0) is 28.7 Å². The van der Waals surface area contributed by atoms with Gasteiger partial charge in [0.2, 0.25) is 0 Å². The molecular formula is C18H20O2. The SMILES string of the molecule is COCCC1(COC)c2ccccc2-c2ccccc21. The van der Waals surface area contributed by atoms with Crippen LogP contribution in [0.2, 0.25) is 0 Å². The second-order valence-electron chi connectivity index (χ2n) is 5.35. The molecule has 0 aliphatic heterocycles. The number of fused-ring (bicyclic) bond motifs is 3. The first-order chi connectivity index (χ1) is 9.83. The molecule has 2 aromatic carbocycles. The molecule has 2 nitrogen and oxygen atoms in total. The van der Waals surface area contributed by atoms with Crippen molar-refractivity contribution in [2.75, 3.05) is 27.4 Å². The van der Waals surface area contributed by atoms with Gasteiger partial charge < -0.3 is 9.47 Å². The third-order valence-electron chi connectivity index (χ3n) is 4.30. The van der Waals surface area contributed by atoms with Crippen molar-refractivity contribution in [1.82, 2.24) is 0 Å². The van der Waals surface area contributed by atoms with E-state index in [1.54, 1.807) is 14.2 Å². The number of benzene rings is 2. The highest BCUT2D eigenvalue weighted by Crippen LogP contribution is 2.50. The lowest BCUT2D eigenvalue weighted by Gasteiger charge is -2.31. The Morgan fingerprint density at radius 2 is 1.35 bits per heavy atom. The first-order valence-electron chi connectivity index (χ1n) is 7.01. The molecule has 0 radical (unpaired) electrons. The van der Waals surface area contributed by atoms with Crippen molar-refractivity contribution in [2.24, 2.45) is 0 Å². The first kappa shape index (κ1) is 13.3. The second-order valence-corrected chi connectivity index (χ2v) is 5.35. The third-order valence-corrected chi connectivity index (χ3v) is 4.30. The quantitative estimate of drug-likeness (QED) is 0.824. The summed E-state index contributed by atoms with van der Waals surface area (Å²) in [6, 6.07) is 17.3. The van der Waals surface area contributed by atoms with Crippen LogP contribution in [-0.2, 0) is 14.9 Å². The van der Waals surface area contributed by atoms with Crippen LogP contribution < -0.4 is 0 Å². The molecule has 0 unspecified atom stereocenters. The molecule has 0 saturated heterocycles. The molecule has 3 rings (SSSR count). The maximum absolute atomic E-state index is 5.58. The van der Waals surface area contributed by atoms with Crippen LogP contribution >= 0.6 is 0 Å². The van der Waals surface area contributed by atoms with E-state index in [4.69, 9.17) is 9.47 Å². The maximum Gasteiger partial charge on any atom is 0.0601 e. The number of hydrogen-bond acceptors (Lipinski definition) is 2. The second kappa shape index (κ2) is 5.39. The van der Waals surface area contributed by atoms with Gasteiger partial charge in [-0.2, -0.15) is 0 Å². The van der Waals surface area contributed by atoms with Gasteiger partial charge in [0.15, 0.2) is 0 Å². The van der Waals surface area contributed by atoms with E-state index in [1.807, 2.05) is 0 Å². The van der Waals surface area contributed by atoms with E-state index in [-0.39, 0.29) is 5.41 Å². The van der Waals surface area contributed by atoms with Crippen LogP contribution in [0, 0.1) is 0 Å². The zero-order valence-corrected chi connectivity index (χ0v) is 12.1. The molecule has 1 aliphatic rings. The summed E-state index contributed by atoms with van der Waals surface area (Å²) in [6.07, 6.45) is 0.936. The van der Waals surface area contributed by atoms with Crippen LogP contribution in [0.3, 0.4) is 0 Å². The average molecular weight is 268 g/mol. The van der Waals surface area contributed by atoms with E-state index >= 15 is 0 Å². The molecule has 0 spiro atoms. The predicted molar refractivity (Wildman–Crippen MR) is 81.0 cm³/mol. The molecule has 0 heterocycles. The number of methoxy groups -OCH3 is 2. The van der Waals surface area contributed by atoms with E-state index in [0.29, 0.717) is 6.61 Å². The highest BCUT2D eigenvalue weighted by molar-refractivity contribution is 5.81. The maximum atomic E-state index is 5.58. The predicted octanol–water partition coefficient (Wildman–Crippen LogP) is 3.64. The Hall–Kier alpha value is -1.64. The summed E-state index contributed by atoms with van der Waals surface area (Å²) < 4.78 is 10.9. The normalized spacial score (nSPS) is 14.9. The summed E-state index contributed by atoms with van der Waals surface area (Å²) in [5, 5.41) is 0. The van der Waals surface area contributed by atoms with Gasteiger partial charge in [-0.15, -0.1) is 0 Å². The van der Waals surface area contributed by atoms with Crippen molar-refractivity contribution in [3.63, 3.8) is 0 Å². The van der Waals surface area contributed by atoms with E-state index < -0.39 is 0 Å². The lowest BCUT2D eigenvalue weighted by molar-refractivity contribution is 0.115. The highest BCUT2D eigenvalue weighted by Gasteiger charge is 2.42. The van der Waals surface area contributed by atoms with E-state index in [2.05, 4.69) is 48.5 Å². The standard InChI is InChI=1S/C18H20O2/c1-19-12-11-18(13-20-2)16-9-5-3-7-14(16)15-8-4-6-10-17(15)18/h3-10H,11-13H2,1-2H3. The van der Waals surface area contributed by atoms with Crippen LogP contribution in [0.25, 0.3) is 11.1 Å². The van der Waals surface area contributed by atoms with Crippen LogP contribution in [0.15, 0.2) is 48.5 Å². The van der Waals surface area contributed by atoms with Gasteiger partial charge >= 0.3 is 0 Å². The molecule has 1 aliphatic carbocycles. The van der Waals surface area contributed by atoms with Gasteiger partial charge in [0.05, 0.1) is 6.61 Å². The van der Waals surface area contributed by atoms with Gasteiger partial charge in [-0.25, -0.2) is 0 Å². The molecule has 0 N–H and O–H groups in total. The summed E-state index contributed by atoms with van der Waals surface area (Å²) >= 11 is 0. The van der Waals surface area contributed by atoms with Gasteiger partial charge in [0.1, 0.15) is 0 Å². The van der Waals surface area contributed by atoms with Crippen LogP contribution in [0.4, 0.5) is 0 Å². The van der Waals surface area contributed by atoms with Gasteiger partial charge in [0, 0.05) is 26.2 Å². The fraction of sp³-hybridized carbons (Fsp3) is 0.333. The van der Waals surface area contributed by atoms with Crippen molar-refractivity contribution in [1.29, 1.82) is 0 Å². The Morgan fingerprint density at radius 3 is 1.85 bits per heavy atom. The number of hydrogen-bond donors (Lipinski definition) is 0. The third kappa shape index (κ3) is 1.88. The topological polar surface area (TPSA) is 18.5 Å².